The minimum Gasteiger partial charge on any atom is -0.508 e. The zero-order valence-electron chi connectivity index (χ0n) is 19.1. The Morgan fingerprint density at radius 3 is 1.70 bits per heavy atom. The van der Waals surface area contributed by atoms with Crippen LogP contribution in [0.5, 0.6) is 28.7 Å². The largest absolute Gasteiger partial charge is 0.508 e. The number of hydrogen-bond acceptors (Lipinski definition) is 5. The number of hydrogen-bond donors (Lipinski definition) is 3. The summed E-state index contributed by atoms with van der Waals surface area (Å²) in [7, 11) is 0. The molecule has 0 aliphatic rings. The monoisotopic (exact) mass is 441 g/mol. The Kier molecular flexibility index (Phi) is 5.88. The number of ether oxygens (including phenoxy) is 1. The summed E-state index contributed by atoms with van der Waals surface area (Å²) >= 11 is 0. The zero-order chi connectivity index (χ0) is 23.7. The molecule has 0 fully saturated rings. The van der Waals surface area contributed by atoms with Crippen molar-refractivity contribution in [3.8, 4) is 28.7 Å². The van der Waals surface area contributed by atoms with Crippen LogP contribution in [0.4, 0.5) is 17.1 Å². The first-order chi connectivity index (χ1) is 15.8. The molecule has 0 aliphatic carbocycles. The third kappa shape index (κ3) is 4.05. The number of benzene rings is 4. The maximum absolute atomic E-state index is 10.5. The summed E-state index contributed by atoms with van der Waals surface area (Å²) in [5.74, 6) is 1.30. The number of nitrogens with zero attached hydrogens (tertiary/aromatic N) is 1. The summed E-state index contributed by atoms with van der Waals surface area (Å²) in [6.45, 7) is 7.56. The van der Waals surface area contributed by atoms with Crippen LogP contribution in [0.1, 0.15) is 22.3 Å². The van der Waals surface area contributed by atoms with Crippen molar-refractivity contribution in [3.05, 3.63) is 95.1 Å². The van der Waals surface area contributed by atoms with E-state index in [-0.39, 0.29) is 17.2 Å². The molecule has 0 amide bonds. The molecule has 0 aliphatic heterocycles. The van der Waals surface area contributed by atoms with Gasteiger partial charge in [-0.2, -0.15) is 0 Å². The molecule has 0 saturated carbocycles. The van der Waals surface area contributed by atoms with E-state index in [0.29, 0.717) is 28.3 Å². The minimum atomic E-state index is 0.0570. The first-order valence-electron chi connectivity index (χ1n) is 10.7. The molecule has 4 aromatic carbocycles. The van der Waals surface area contributed by atoms with Crippen LogP contribution in [0.25, 0.3) is 0 Å². The molecule has 168 valence electrons. The van der Waals surface area contributed by atoms with Gasteiger partial charge >= 0.3 is 0 Å². The van der Waals surface area contributed by atoms with Gasteiger partial charge in [0.15, 0.2) is 17.2 Å². The van der Waals surface area contributed by atoms with Crippen LogP contribution in [0.15, 0.2) is 72.8 Å². The average molecular weight is 442 g/mol. The summed E-state index contributed by atoms with van der Waals surface area (Å²) in [5.41, 5.74) is 5.40. The van der Waals surface area contributed by atoms with Crippen molar-refractivity contribution in [3.63, 3.8) is 0 Å². The first-order valence-corrected chi connectivity index (χ1v) is 10.7. The van der Waals surface area contributed by atoms with Crippen LogP contribution in [0.3, 0.4) is 0 Å². The van der Waals surface area contributed by atoms with Gasteiger partial charge in [0.05, 0.1) is 17.1 Å². The highest BCUT2D eigenvalue weighted by molar-refractivity contribution is 5.84. The lowest BCUT2D eigenvalue weighted by molar-refractivity contribution is 0.409. The molecular weight excluding hydrogens is 414 g/mol. The topological polar surface area (TPSA) is 73.2 Å². The molecule has 0 atom stereocenters. The van der Waals surface area contributed by atoms with Gasteiger partial charge in [-0.1, -0.05) is 30.3 Å². The van der Waals surface area contributed by atoms with Crippen molar-refractivity contribution < 1.29 is 20.1 Å². The Balaban J connectivity index is 1.96. The van der Waals surface area contributed by atoms with Crippen LogP contribution in [0, 0.1) is 27.7 Å². The van der Waals surface area contributed by atoms with Crippen molar-refractivity contribution >= 4 is 17.1 Å². The predicted octanol–water partition coefficient (Wildman–Crippen LogP) is 7.30. The molecule has 0 heterocycles. The van der Waals surface area contributed by atoms with Gasteiger partial charge in [-0.15, -0.1) is 0 Å². The van der Waals surface area contributed by atoms with Gasteiger partial charge in [-0.05, 0) is 81.3 Å². The lowest BCUT2D eigenvalue weighted by Crippen LogP contribution is -2.13. The summed E-state index contributed by atoms with van der Waals surface area (Å²) in [5, 5.41) is 31.4. The lowest BCUT2D eigenvalue weighted by Gasteiger charge is -2.30. The second-order valence-corrected chi connectivity index (χ2v) is 8.10. The van der Waals surface area contributed by atoms with Gasteiger partial charge < -0.3 is 25.0 Å². The van der Waals surface area contributed by atoms with Gasteiger partial charge in [0.25, 0.3) is 0 Å². The van der Waals surface area contributed by atoms with Crippen molar-refractivity contribution in [2.45, 2.75) is 27.7 Å². The van der Waals surface area contributed by atoms with Gasteiger partial charge in [0.1, 0.15) is 11.5 Å². The number of anilines is 3. The first kappa shape index (κ1) is 22.1. The summed E-state index contributed by atoms with van der Waals surface area (Å²) < 4.78 is 6.30. The molecule has 0 bridgehead atoms. The standard InChI is InChI=1S/C28H27NO4/c1-17-15-16-26(32)28(18(17)2)33-27-14-6-5-9-23(27)29(21-10-7-12-24(30)19(21)3)22-11-8-13-25(31)20(22)4/h5-16,30-32H,1-4H3. The highest BCUT2D eigenvalue weighted by atomic mass is 16.5. The Morgan fingerprint density at radius 2 is 1.09 bits per heavy atom. The van der Waals surface area contributed by atoms with Crippen molar-refractivity contribution in [2.75, 3.05) is 4.90 Å². The van der Waals surface area contributed by atoms with Crippen molar-refractivity contribution in [2.24, 2.45) is 0 Å². The molecule has 3 N–H and O–H groups in total. The quantitative estimate of drug-likeness (QED) is 0.303. The molecule has 0 saturated heterocycles. The van der Waals surface area contributed by atoms with E-state index in [2.05, 4.69) is 0 Å². The fourth-order valence-corrected chi connectivity index (χ4v) is 3.84. The summed E-state index contributed by atoms with van der Waals surface area (Å²) in [4.78, 5) is 1.95. The molecule has 0 unspecified atom stereocenters. The molecule has 33 heavy (non-hydrogen) atoms. The van der Waals surface area contributed by atoms with Crippen LogP contribution in [-0.4, -0.2) is 15.3 Å². The van der Waals surface area contributed by atoms with E-state index in [1.807, 2.05) is 75.1 Å². The Labute approximate surface area is 193 Å². The van der Waals surface area contributed by atoms with E-state index in [9.17, 15) is 15.3 Å². The lowest BCUT2D eigenvalue weighted by atomic mass is 10.1. The van der Waals surface area contributed by atoms with E-state index in [1.54, 1.807) is 30.3 Å². The van der Waals surface area contributed by atoms with E-state index in [1.165, 1.54) is 0 Å². The van der Waals surface area contributed by atoms with E-state index in [4.69, 9.17) is 4.74 Å². The SMILES string of the molecule is Cc1ccc(O)c(Oc2ccccc2N(c2cccc(O)c2C)c2cccc(O)c2C)c1C. The zero-order valence-corrected chi connectivity index (χ0v) is 19.1. The number of aryl methyl sites for hydroxylation is 1. The molecular formula is C28H27NO4. The Morgan fingerprint density at radius 1 is 0.545 bits per heavy atom. The van der Waals surface area contributed by atoms with E-state index < -0.39 is 0 Å². The van der Waals surface area contributed by atoms with Crippen LogP contribution >= 0.6 is 0 Å². The third-order valence-electron chi connectivity index (χ3n) is 6.01. The highest BCUT2D eigenvalue weighted by Gasteiger charge is 2.23. The van der Waals surface area contributed by atoms with Gasteiger partial charge in [0, 0.05) is 11.1 Å². The second-order valence-electron chi connectivity index (χ2n) is 8.10. The fourth-order valence-electron chi connectivity index (χ4n) is 3.84. The second kappa shape index (κ2) is 8.79. The van der Waals surface area contributed by atoms with Gasteiger partial charge in [-0.3, -0.25) is 0 Å². The molecule has 4 aromatic rings. The van der Waals surface area contributed by atoms with Crippen LogP contribution < -0.4 is 9.64 Å². The summed E-state index contributed by atoms with van der Waals surface area (Å²) in [6, 6.07) is 21.6. The van der Waals surface area contributed by atoms with E-state index >= 15 is 0 Å². The van der Waals surface area contributed by atoms with Crippen molar-refractivity contribution in [1.82, 2.24) is 0 Å². The number of aromatic hydroxyl groups is 3. The Hall–Kier alpha value is -4.12. The number of rotatable bonds is 5. The minimum absolute atomic E-state index is 0.0570. The maximum Gasteiger partial charge on any atom is 0.172 e. The molecule has 4 rings (SSSR count). The third-order valence-corrected chi connectivity index (χ3v) is 6.01. The molecule has 0 radical (unpaired) electrons. The van der Waals surface area contributed by atoms with Crippen molar-refractivity contribution in [1.29, 1.82) is 0 Å². The van der Waals surface area contributed by atoms with Gasteiger partial charge in [-0.25, -0.2) is 0 Å². The number of phenolic OH excluding ortho intramolecular Hbond substituents is 3. The molecule has 5 nitrogen and oxygen atoms in total. The number of para-hydroxylation sites is 2. The van der Waals surface area contributed by atoms with Crippen LogP contribution in [0.2, 0.25) is 0 Å². The number of phenols is 3. The van der Waals surface area contributed by atoms with E-state index in [0.717, 1.165) is 22.5 Å². The van der Waals surface area contributed by atoms with Gasteiger partial charge in [0.2, 0.25) is 0 Å². The smallest absolute Gasteiger partial charge is 0.172 e. The maximum atomic E-state index is 10.5. The molecule has 5 heteroatoms. The molecule has 0 spiro atoms. The Bertz CT molecular complexity index is 1280. The normalized spacial score (nSPS) is 10.8. The average Bonchev–Trinajstić information content (AvgIpc) is 2.80. The predicted molar refractivity (Wildman–Crippen MR) is 132 cm³/mol. The molecule has 0 aromatic heterocycles. The fraction of sp³-hybridized carbons (Fsp3) is 0.143. The van der Waals surface area contributed by atoms with Crippen LogP contribution in [-0.2, 0) is 0 Å². The highest BCUT2D eigenvalue weighted by Crippen LogP contribution is 2.47. The summed E-state index contributed by atoms with van der Waals surface area (Å²) in [6.07, 6.45) is 0.